The molecule has 2 atom stereocenters. The van der Waals surface area contributed by atoms with Crippen molar-refractivity contribution < 1.29 is 41.5 Å². The van der Waals surface area contributed by atoms with Gasteiger partial charge in [-0.25, -0.2) is 22.9 Å². The van der Waals surface area contributed by atoms with E-state index < -0.39 is 37.9 Å². The maximum absolute atomic E-state index is 17.1. The van der Waals surface area contributed by atoms with Crippen LogP contribution in [0.1, 0.15) is 44.1 Å². The Morgan fingerprint density at radius 1 is 1.02 bits per heavy atom. The number of piperazine rings is 1. The topological polar surface area (TPSA) is 142 Å². The van der Waals surface area contributed by atoms with Crippen LogP contribution in [0.5, 0.6) is 11.8 Å². The van der Waals surface area contributed by atoms with Crippen LogP contribution >= 0.6 is 7.82 Å². The number of benzene rings is 2. The lowest BCUT2D eigenvalue weighted by atomic mass is 9.95. The number of ether oxygens (including phenoxy) is 2. The van der Waals surface area contributed by atoms with Crippen molar-refractivity contribution >= 4 is 35.3 Å². The first-order chi connectivity index (χ1) is 24.0. The molecule has 6 heterocycles. The monoisotopic (exact) mass is 710 g/mol. The molecule has 12 nitrogen and oxygen atoms in total. The molecule has 0 amide bonds. The van der Waals surface area contributed by atoms with Gasteiger partial charge in [0.2, 0.25) is 5.95 Å². The predicted molar refractivity (Wildman–Crippen MR) is 177 cm³/mol. The Labute approximate surface area is 285 Å². The van der Waals surface area contributed by atoms with Gasteiger partial charge in [0.1, 0.15) is 40.6 Å². The molecule has 2 aromatic heterocycles. The highest BCUT2D eigenvalue weighted by atomic mass is 31.2. The van der Waals surface area contributed by atoms with Crippen molar-refractivity contribution in [3.05, 3.63) is 47.4 Å². The van der Waals surface area contributed by atoms with Crippen LogP contribution in [0.3, 0.4) is 0 Å². The molecule has 4 saturated heterocycles. The van der Waals surface area contributed by atoms with Crippen LogP contribution in [0.2, 0.25) is 0 Å². The summed E-state index contributed by atoms with van der Waals surface area (Å²) in [4.78, 5) is 35.7. The second-order valence-electron chi connectivity index (χ2n) is 13.4. The summed E-state index contributed by atoms with van der Waals surface area (Å²) < 4.78 is 75.9. The average Bonchev–Trinajstić information content (AvgIpc) is 3.77. The third kappa shape index (κ3) is 5.93. The number of terminal acetylenes is 1. The van der Waals surface area contributed by atoms with Crippen LogP contribution in [-0.4, -0.2) is 86.8 Å². The first-order valence-corrected chi connectivity index (χ1v) is 18.1. The van der Waals surface area contributed by atoms with Crippen molar-refractivity contribution in [2.45, 2.75) is 56.1 Å². The predicted octanol–water partition coefficient (Wildman–Crippen LogP) is 4.64. The molecule has 16 heteroatoms. The molecule has 4 aliphatic heterocycles. The molecule has 4 aromatic rings. The number of hydrogen-bond acceptors (Lipinski definition) is 10. The third-order valence-electron chi connectivity index (χ3n) is 10.4. The standard InChI is InChI=1S/C34H34F3N6O6P/c1-2-23-25(35)8-5-19-13-22(48-18-49-50(44,45)46)14-24(26(19)23)29-28(36)30-27(31(37)39-29)32(42-15-20-6-7-21(16-42)38-20)41-33(40-30)47-17-34-9-3-11-43(34)12-4-10-34/h1,5,8,13-14,20-21,38H,3-4,6-7,9-12,15-18H2,(H2,44,45,46). The summed E-state index contributed by atoms with van der Waals surface area (Å²) in [7, 11) is -4.89. The number of rotatable bonds is 9. The van der Waals surface area contributed by atoms with Crippen LogP contribution in [0.25, 0.3) is 32.9 Å². The quantitative estimate of drug-likeness (QED) is 0.0965. The number of halogens is 3. The van der Waals surface area contributed by atoms with Gasteiger partial charge in [0.05, 0.1) is 11.1 Å². The highest BCUT2D eigenvalue weighted by Gasteiger charge is 2.45. The van der Waals surface area contributed by atoms with E-state index in [2.05, 4.69) is 35.6 Å². The molecule has 0 aliphatic carbocycles. The molecule has 50 heavy (non-hydrogen) atoms. The number of hydrogen-bond donors (Lipinski definition) is 3. The molecule has 262 valence electrons. The van der Waals surface area contributed by atoms with Gasteiger partial charge in [-0.05, 0) is 75.2 Å². The number of nitrogens with one attached hydrogen (secondary N) is 1. The van der Waals surface area contributed by atoms with E-state index in [0.717, 1.165) is 57.7 Å². The summed E-state index contributed by atoms with van der Waals surface area (Å²) in [6.07, 6.45) is 11.6. The molecular weight excluding hydrogens is 676 g/mol. The molecule has 3 N–H and O–H groups in total. The molecule has 0 saturated carbocycles. The lowest BCUT2D eigenvalue weighted by Crippen LogP contribution is -2.51. The molecule has 2 bridgehead atoms. The van der Waals surface area contributed by atoms with Crippen molar-refractivity contribution in [2.75, 3.05) is 44.5 Å². The lowest BCUT2D eigenvalue weighted by molar-refractivity contribution is 0.0830. The number of phosphoric ester groups is 1. The SMILES string of the molecule is C#Cc1c(F)ccc2cc(OCOP(=O)(O)O)cc(-c3nc(F)c4c(N5CC6CCC(C5)N6)nc(OCC56CCCN5CCC6)nc4c3F)c12. The first-order valence-electron chi connectivity index (χ1n) is 16.5. The van der Waals surface area contributed by atoms with Gasteiger partial charge in [-0.1, -0.05) is 12.0 Å². The van der Waals surface area contributed by atoms with Crippen molar-refractivity contribution in [1.29, 1.82) is 0 Å². The number of pyridine rings is 1. The van der Waals surface area contributed by atoms with Crippen molar-refractivity contribution in [3.63, 3.8) is 0 Å². The van der Waals surface area contributed by atoms with Gasteiger partial charge in [-0.3, -0.25) is 4.90 Å². The molecule has 0 radical (unpaired) electrons. The van der Waals surface area contributed by atoms with Gasteiger partial charge in [-0.2, -0.15) is 14.4 Å². The van der Waals surface area contributed by atoms with E-state index in [-0.39, 0.29) is 68.0 Å². The van der Waals surface area contributed by atoms with E-state index in [9.17, 15) is 4.57 Å². The maximum Gasteiger partial charge on any atom is 0.472 e. The van der Waals surface area contributed by atoms with Gasteiger partial charge in [0.25, 0.3) is 0 Å². The molecule has 2 aromatic carbocycles. The van der Waals surface area contributed by atoms with Crippen LogP contribution in [-0.2, 0) is 9.09 Å². The van der Waals surface area contributed by atoms with E-state index in [1.807, 2.05) is 4.90 Å². The fraction of sp³-hybridized carbons (Fsp3) is 0.441. The minimum atomic E-state index is -4.89. The van der Waals surface area contributed by atoms with Gasteiger partial charge in [0.15, 0.2) is 12.6 Å². The number of aromatic nitrogens is 3. The van der Waals surface area contributed by atoms with Crippen molar-refractivity contribution in [3.8, 4) is 35.4 Å². The summed E-state index contributed by atoms with van der Waals surface area (Å²) >= 11 is 0. The van der Waals surface area contributed by atoms with E-state index in [1.165, 1.54) is 18.2 Å². The number of anilines is 1. The molecule has 2 unspecified atom stereocenters. The van der Waals surface area contributed by atoms with Crippen LogP contribution in [0.4, 0.5) is 19.0 Å². The van der Waals surface area contributed by atoms with Gasteiger partial charge < -0.3 is 29.5 Å². The molecule has 4 aliphatic rings. The summed E-state index contributed by atoms with van der Waals surface area (Å²) in [5.41, 5.74) is -1.41. The fourth-order valence-electron chi connectivity index (χ4n) is 8.18. The first kappa shape index (κ1) is 33.1. The summed E-state index contributed by atoms with van der Waals surface area (Å²) in [6.45, 7) is 2.44. The second-order valence-corrected chi connectivity index (χ2v) is 14.6. The number of fused-ring (bicyclic) bond motifs is 5. The zero-order valence-electron chi connectivity index (χ0n) is 26.9. The lowest BCUT2D eigenvalue weighted by Gasteiger charge is -2.34. The largest absolute Gasteiger partial charge is 0.472 e. The zero-order valence-corrected chi connectivity index (χ0v) is 27.8. The second kappa shape index (κ2) is 12.6. The Morgan fingerprint density at radius 2 is 1.76 bits per heavy atom. The summed E-state index contributed by atoms with van der Waals surface area (Å²) in [5.74, 6) is -0.440. The fourth-order valence-corrected chi connectivity index (χ4v) is 8.37. The van der Waals surface area contributed by atoms with Gasteiger partial charge in [0, 0.05) is 36.1 Å². The van der Waals surface area contributed by atoms with E-state index >= 15 is 13.2 Å². The van der Waals surface area contributed by atoms with Gasteiger partial charge in [-0.15, -0.1) is 6.42 Å². The molecule has 8 rings (SSSR count). The smallest absolute Gasteiger partial charge is 0.467 e. The number of nitrogens with zero attached hydrogens (tertiary/aromatic N) is 5. The number of phosphoric acid groups is 1. The maximum atomic E-state index is 17.1. The highest BCUT2D eigenvalue weighted by molar-refractivity contribution is 7.46. The van der Waals surface area contributed by atoms with E-state index in [1.54, 1.807) is 0 Å². The Hall–Kier alpha value is -4.03. The highest BCUT2D eigenvalue weighted by Crippen LogP contribution is 2.42. The Kier molecular flexibility index (Phi) is 8.37. The van der Waals surface area contributed by atoms with E-state index in [0.29, 0.717) is 19.7 Å². The Balaban J connectivity index is 1.29. The summed E-state index contributed by atoms with van der Waals surface area (Å²) in [5, 5.41) is 3.65. The van der Waals surface area contributed by atoms with Crippen LogP contribution in [0.15, 0.2) is 24.3 Å². The zero-order chi connectivity index (χ0) is 34.8. The molecule has 0 spiro atoms. The van der Waals surface area contributed by atoms with Crippen molar-refractivity contribution in [1.82, 2.24) is 25.2 Å². The normalized spacial score (nSPS) is 21.6. The van der Waals surface area contributed by atoms with Crippen molar-refractivity contribution in [2.24, 2.45) is 0 Å². The average molecular weight is 711 g/mol. The molecular formula is C34H34F3N6O6P. The minimum absolute atomic E-state index is 0.0481. The van der Waals surface area contributed by atoms with Crippen LogP contribution < -0.4 is 19.7 Å². The van der Waals surface area contributed by atoms with Gasteiger partial charge >= 0.3 is 13.8 Å². The third-order valence-corrected chi connectivity index (χ3v) is 10.8. The summed E-state index contributed by atoms with van der Waals surface area (Å²) in [6, 6.07) is 5.33. The Morgan fingerprint density at radius 3 is 2.46 bits per heavy atom. The minimum Gasteiger partial charge on any atom is -0.467 e. The molecule has 4 fully saturated rings. The Bertz CT molecular complexity index is 2090. The van der Waals surface area contributed by atoms with Crippen LogP contribution in [0, 0.1) is 29.9 Å². The van der Waals surface area contributed by atoms with E-state index in [4.69, 9.17) is 25.7 Å².